The SMILES string of the molecule is Cc1cnn(C)c1-c1ccc2c(c1)nc([C@@H]1CCCC(=O)N1c1ccc(F)c(F)c1)n2[C@H]1CC[C@H](O)CC1. The molecule has 1 N–H and O–H groups in total. The average molecular weight is 520 g/mol. The summed E-state index contributed by atoms with van der Waals surface area (Å²) in [4.78, 5) is 19.9. The fraction of sp³-hybridized carbons (Fsp3) is 0.414. The van der Waals surface area contributed by atoms with E-state index in [4.69, 9.17) is 4.98 Å². The second kappa shape index (κ2) is 9.62. The lowest BCUT2D eigenvalue weighted by atomic mass is 9.92. The van der Waals surface area contributed by atoms with Crippen molar-refractivity contribution in [1.82, 2.24) is 19.3 Å². The number of carbonyl (C=O) groups is 1. The number of hydrogen-bond acceptors (Lipinski definition) is 4. The van der Waals surface area contributed by atoms with E-state index in [0.717, 1.165) is 58.7 Å². The second-order valence-electron chi connectivity index (χ2n) is 10.6. The van der Waals surface area contributed by atoms with Gasteiger partial charge in [-0.1, -0.05) is 6.07 Å². The van der Waals surface area contributed by atoms with Crippen molar-refractivity contribution in [3.8, 4) is 11.3 Å². The second-order valence-corrected chi connectivity index (χ2v) is 10.6. The highest BCUT2D eigenvalue weighted by molar-refractivity contribution is 5.95. The largest absolute Gasteiger partial charge is 0.393 e. The van der Waals surface area contributed by atoms with Gasteiger partial charge in [-0.15, -0.1) is 0 Å². The first-order valence-corrected chi connectivity index (χ1v) is 13.3. The molecule has 198 valence electrons. The number of piperidine rings is 1. The van der Waals surface area contributed by atoms with Crippen molar-refractivity contribution in [2.75, 3.05) is 4.90 Å². The van der Waals surface area contributed by atoms with Crippen molar-refractivity contribution < 1.29 is 18.7 Å². The van der Waals surface area contributed by atoms with Gasteiger partial charge >= 0.3 is 0 Å². The standard InChI is InChI=1S/C29H31F2N5O2/c1-17-16-32-34(2)28(17)18-6-13-25-24(14-18)33-29(36(25)19-7-10-21(37)11-8-19)26-4-3-5-27(38)35(26)20-9-12-22(30)23(31)15-20/h6,9,12-16,19,21,26,37H,3-5,7-8,10-11H2,1-2H3/t19-,21-,26-/m0/s1. The van der Waals surface area contributed by atoms with Crippen LogP contribution >= 0.6 is 0 Å². The van der Waals surface area contributed by atoms with Crippen molar-refractivity contribution in [2.24, 2.45) is 7.05 Å². The summed E-state index contributed by atoms with van der Waals surface area (Å²) < 4.78 is 32.1. The average Bonchev–Trinajstić information content (AvgIpc) is 3.45. The van der Waals surface area contributed by atoms with Gasteiger partial charge in [-0.2, -0.15) is 5.10 Å². The maximum absolute atomic E-state index is 14.2. The number of amides is 1. The van der Waals surface area contributed by atoms with Gasteiger partial charge in [-0.3, -0.25) is 9.48 Å². The van der Waals surface area contributed by atoms with Crippen LogP contribution in [0.4, 0.5) is 14.5 Å². The molecule has 1 atom stereocenters. The summed E-state index contributed by atoms with van der Waals surface area (Å²) in [6.45, 7) is 2.03. The Balaban J connectivity index is 1.51. The van der Waals surface area contributed by atoms with Crippen molar-refractivity contribution in [3.63, 3.8) is 0 Å². The monoisotopic (exact) mass is 519 g/mol. The lowest BCUT2D eigenvalue weighted by Crippen LogP contribution is -2.40. The number of carbonyl (C=O) groups excluding carboxylic acids is 1. The maximum Gasteiger partial charge on any atom is 0.227 e. The van der Waals surface area contributed by atoms with E-state index in [2.05, 4.69) is 27.9 Å². The molecule has 6 rings (SSSR count). The Morgan fingerprint density at radius 1 is 1.00 bits per heavy atom. The molecule has 9 heteroatoms. The first-order valence-electron chi connectivity index (χ1n) is 13.3. The minimum Gasteiger partial charge on any atom is -0.393 e. The minimum atomic E-state index is -0.981. The third-order valence-corrected chi connectivity index (χ3v) is 8.07. The Labute approximate surface area is 219 Å². The van der Waals surface area contributed by atoms with E-state index < -0.39 is 17.7 Å². The number of aliphatic hydroxyl groups is 1. The van der Waals surface area contributed by atoms with Crippen molar-refractivity contribution in [1.29, 1.82) is 0 Å². The first-order chi connectivity index (χ1) is 18.3. The van der Waals surface area contributed by atoms with Gasteiger partial charge in [0.1, 0.15) is 5.82 Å². The lowest BCUT2D eigenvalue weighted by Gasteiger charge is -2.37. The fourth-order valence-electron chi connectivity index (χ4n) is 6.24. The third-order valence-electron chi connectivity index (χ3n) is 8.07. The summed E-state index contributed by atoms with van der Waals surface area (Å²) in [5.41, 5.74) is 5.20. The number of anilines is 1. The van der Waals surface area contributed by atoms with Crippen molar-refractivity contribution in [2.45, 2.75) is 70.1 Å². The van der Waals surface area contributed by atoms with Crippen molar-refractivity contribution >= 4 is 22.6 Å². The summed E-state index contributed by atoms with van der Waals surface area (Å²) in [7, 11) is 1.91. The quantitative estimate of drug-likeness (QED) is 0.372. The molecular formula is C29H31F2N5O2. The number of aromatic nitrogens is 4. The highest BCUT2D eigenvalue weighted by Gasteiger charge is 2.36. The Bertz CT molecular complexity index is 1500. The molecule has 38 heavy (non-hydrogen) atoms. The van der Waals surface area contributed by atoms with E-state index in [1.807, 2.05) is 24.9 Å². The van der Waals surface area contributed by atoms with Gasteiger partial charge < -0.3 is 14.6 Å². The summed E-state index contributed by atoms with van der Waals surface area (Å²) >= 11 is 0. The number of aryl methyl sites for hydroxylation is 2. The van der Waals surface area contributed by atoms with Gasteiger partial charge in [0.05, 0.1) is 35.1 Å². The maximum atomic E-state index is 14.2. The highest BCUT2D eigenvalue weighted by atomic mass is 19.2. The molecule has 3 heterocycles. The van der Waals surface area contributed by atoms with Crippen LogP contribution in [0, 0.1) is 18.6 Å². The number of rotatable bonds is 4. The molecule has 0 spiro atoms. The van der Waals surface area contributed by atoms with Crippen LogP contribution in [0.1, 0.15) is 68.4 Å². The normalized spacial score (nSPS) is 22.4. The van der Waals surface area contributed by atoms with Crippen LogP contribution in [0.5, 0.6) is 0 Å². The zero-order valence-electron chi connectivity index (χ0n) is 21.6. The zero-order chi connectivity index (χ0) is 26.6. The Morgan fingerprint density at radius 2 is 1.79 bits per heavy atom. The van der Waals surface area contributed by atoms with Crippen LogP contribution < -0.4 is 4.90 Å². The van der Waals surface area contributed by atoms with Gasteiger partial charge in [-0.25, -0.2) is 13.8 Å². The molecule has 1 aliphatic heterocycles. The number of aliphatic hydroxyl groups excluding tert-OH is 1. The van der Waals surface area contributed by atoms with Crippen LogP contribution in [-0.2, 0) is 11.8 Å². The molecule has 0 radical (unpaired) electrons. The fourth-order valence-corrected chi connectivity index (χ4v) is 6.24. The molecule has 2 aliphatic rings. The highest BCUT2D eigenvalue weighted by Crippen LogP contribution is 2.41. The molecule has 7 nitrogen and oxygen atoms in total. The number of hydrogen-bond donors (Lipinski definition) is 1. The molecule has 2 aromatic carbocycles. The molecule has 0 unspecified atom stereocenters. The van der Waals surface area contributed by atoms with E-state index in [0.29, 0.717) is 37.8 Å². The Morgan fingerprint density at radius 3 is 2.50 bits per heavy atom. The predicted molar refractivity (Wildman–Crippen MR) is 141 cm³/mol. The summed E-state index contributed by atoms with van der Waals surface area (Å²) in [6.07, 6.45) is 6.23. The Kier molecular flexibility index (Phi) is 6.26. The lowest BCUT2D eigenvalue weighted by molar-refractivity contribution is -0.120. The number of halogens is 2. The Hall–Kier alpha value is -3.59. The molecule has 4 aromatic rings. The van der Waals surface area contributed by atoms with Crippen LogP contribution in [0.2, 0.25) is 0 Å². The van der Waals surface area contributed by atoms with Crippen LogP contribution in [0.15, 0.2) is 42.6 Å². The zero-order valence-corrected chi connectivity index (χ0v) is 21.6. The number of nitrogens with zero attached hydrogens (tertiary/aromatic N) is 5. The summed E-state index contributed by atoms with van der Waals surface area (Å²) in [6, 6.07) is 9.53. The third kappa shape index (κ3) is 4.18. The van der Waals surface area contributed by atoms with E-state index in [-0.39, 0.29) is 18.1 Å². The van der Waals surface area contributed by atoms with Gasteiger partial charge in [0.25, 0.3) is 0 Å². The van der Waals surface area contributed by atoms with E-state index in [1.165, 1.54) is 6.07 Å². The molecule has 1 saturated heterocycles. The first kappa shape index (κ1) is 24.7. The number of fused-ring (bicyclic) bond motifs is 1. The van der Waals surface area contributed by atoms with Crippen LogP contribution in [-0.4, -0.2) is 36.4 Å². The molecule has 1 amide bonds. The minimum absolute atomic E-state index is 0.117. The number of benzene rings is 2. The topological polar surface area (TPSA) is 76.2 Å². The van der Waals surface area contributed by atoms with Gasteiger partial charge in [-0.05, 0) is 75.3 Å². The molecule has 1 aliphatic carbocycles. The van der Waals surface area contributed by atoms with E-state index >= 15 is 0 Å². The van der Waals surface area contributed by atoms with Crippen molar-refractivity contribution in [3.05, 3.63) is 65.6 Å². The number of imidazole rings is 1. The van der Waals surface area contributed by atoms with Crippen LogP contribution in [0.25, 0.3) is 22.3 Å². The molecule has 1 saturated carbocycles. The van der Waals surface area contributed by atoms with Gasteiger partial charge in [0.15, 0.2) is 11.6 Å². The smallest absolute Gasteiger partial charge is 0.227 e. The summed E-state index contributed by atoms with van der Waals surface area (Å²) in [5.74, 6) is -1.31. The van der Waals surface area contributed by atoms with E-state index in [1.54, 1.807) is 4.90 Å². The molecule has 0 bridgehead atoms. The van der Waals surface area contributed by atoms with E-state index in [9.17, 15) is 18.7 Å². The molecule has 2 fully saturated rings. The summed E-state index contributed by atoms with van der Waals surface area (Å²) in [5, 5.41) is 14.6. The van der Waals surface area contributed by atoms with Gasteiger partial charge in [0.2, 0.25) is 5.91 Å². The van der Waals surface area contributed by atoms with Crippen LogP contribution in [0.3, 0.4) is 0 Å². The van der Waals surface area contributed by atoms with Gasteiger partial charge in [0, 0.05) is 36.8 Å². The molecule has 2 aromatic heterocycles. The predicted octanol–water partition coefficient (Wildman–Crippen LogP) is 5.76. The molecular weight excluding hydrogens is 488 g/mol.